The predicted molar refractivity (Wildman–Crippen MR) is 323 cm³/mol. The van der Waals surface area contributed by atoms with Crippen LogP contribution in [0, 0.1) is 0 Å². The van der Waals surface area contributed by atoms with Crippen molar-refractivity contribution < 1.29 is 42.1 Å². The van der Waals surface area contributed by atoms with E-state index in [1.807, 2.05) is 21.1 Å². The largest absolute Gasteiger partial charge is 0.756 e. The molecule has 0 N–H and O–H groups in total. The Kier molecular flexibility index (Phi) is 53.1. The smallest absolute Gasteiger partial charge is 0.306 e. The first-order chi connectivity index (χ1) is 37.0. The van der Waals surface area contributed by atoms with Gasteiger partial charge in [-0.1, -0.05) is 231 Å². The van der Waals surface area contributed by atoms with Crippen LogP contribution in [-0.2, 0) is 32.7 Å². The first kappa shape index (κ1) is 72.2. The molecule has 0 fully saturated rings. The molecule has 76 heavy (non-hydrogen) atoms. The third kappa shape index (κ3) is 59.4. The lowest BCUT2D eigenvalue weighted by Crippen LogP contribution is -2.37. The molecule has 0 saturated heterocycles. The zero-order chi connectivity index (χ0) is 55.6. The van der Waals surface area contributed by atoms with E-state index in [-0.39, 0.29) is 26.1 Å². The second-order valence-electron chi connectivity index (χ2n) is 20.6. The molecule has 0 aromatic heterocycles. The van der Waals surface area contributed by atoms with Crippen molar-refractivity contribution in [1.29, 1.82) is 0 Å². The normalized spacial score (nSPS) is 14.2. The molecule has 9 nitrogen and oxygen atoms in total. The van der Waals surface area contributed by atoms with Gasteiger partial charge >= 0.3 is 11.9 Å². The number of phosphoric ester groups is 1. The number of esters is 2. The van der Waals surface area contributed by atoms with Gasteiger partial charge in [0.2, 0.25) is 0 Å². The molecular formula is C66H110NO8P. The van der Waals surface area contributed by atoms with Crippen molar-refractivity contribution in [3.05, 3.63) is 134 Å². The summed E-state index contributed by atoms with van der Waals surface area (Å²) >= 11 is 0. The van der Waals surface area contributed by atoms with Crippen LogP contribution in [0.1, 0.15) is 219 Å². The Hall–Kier alpha value is -3.85. The molecule has 0 rings (SSSR count). The molecule has 2 unspecified atom stereocenters. The number of likely N-dealkylation sites (N-methyl/N-ethyl adjacent to an activating group) is 1. The van der Waals surface area contributed by atoms with Gasteiger partial charge in [-0.2, -0.15) is 0 Å². The number of rotatable bonds is 53. The minimum absolute atomic E-state index is 0.0431. The van der Waals surface area contributed by atoms with E-state index >= 15 is 0 Å². The Morgan fingerprint density at radius 1 is 0.408 bits per heavy atom. The number of allylic oxidation sites excluding steroid dienone is 22. The average Bonchev–Trinajstić information content (AvgIpc) is 3.38. The van der Waals surface area contributed by atoms with Crippen LogP contribution < -0.4 is 4.89 Å². The van der Waals surface area contributed by atoms with E-state index < -0.39 is 32.5 Å². The van der Waals surface area contributed by atoms with Gasteiger partial charge in [-0.05, 0) is 109 Å². The summed E-state index contributed by atoms with van der Waals surface area (Å²) in [6.07, 6.45) is 80.8. The fourth-order valence-electron chi connectivity index (χ4n) is 7.63. The Morgan fingerprint density at radius 2 is 0.711 bits per heavy atom. The summed E-state index contributed by atoms with van der Waals surface area (Å²) in [6, 6.07) is 0. The summed E-state index contributed by atoms with van der Waals surface area (Å²) < 4.78 is 34.1. The highest BCUT2D eigenvalue weighted by molar-refractivity contribution is 7.45. The van der Waals surface area contributed by atoms with Gasteiger partial charge in [-0.15, -0.1) is 0 Å². The zero-order valence-electron chi connectivity index (χ0n) is 48.9. The summed E-state index contributed by atoms with van der Waals surface area (Å²) in [4.78, 5) is 37.9. The minimum Gasteiger partial charge on any atom is -0.756 e. The third-order valence-corrected chi connectivity index (χ3v) is 13.1. The van der Waals surface area contributed by atoms with E-state index in [2.05, 4.69) is 148 Å². The first-order valence-corrected chi connectivity index (χ1v) is 31.4. The topological polar surface area (TPSA) is 111 Å². The summed E-state index contributed by atoms with van der Waals surface area (Å²) in [7, 11) is 1.13. The van der Waals surface area contributed by atoms with E-state index in [0.717, 1.165) is 109 Å². The van der Waals surface area contributed by atoms with Crippen molar-refractivity contribution in [1.82, 2.24) is 0 Å². The molecule has 0 aliphatic carbocycles. The van der Waals surface area contributed by atoms with Gasteiger partial charge in [-0.3, -0.25) is 14.2 Å². The van der Waals surface area contributed by atoms with Gasteiger partial charge in [-0.25, -0.2) is 0 Å². The number of ether oxygens (including phenoxy) is 2. The summed E-state index contributed by atoms with van der Waals surface area (Å²) in [5.74, 6) is -0.879. The quantitative estimate of drug-likeness (QED) is 0.0195. The molecule has 0 bridgehead atoms. The third-order valence-electron chi connectivity index (χ3n) is 12.2. The fourth-order valence-corrected chi connectivity index (χ4v) is 8.36. The van der Waals surface area contributed by atoms with Crippen molar-refractivity contribution in [2.45, 2.75) is 225 Å². The maximum Gasteiger partial charge on any atom is 0.306 e. The van der Waals surface area contributed by atoms with E-state index in [0.29, 0.717) is 23.9 Å². The molecule has 432 valence electrons. The number of unbranched alkanes of at least 4 members (excludes halogenated alkanes) is 17. The van der Waals surface area contributed by atoms with Gasteiger partial charge in [0.05, 0.1) is 27.7 Å². The van der Waals surface area contributed by atoms with Gasteiger partial charge < -0.3 is 27.9 Å². The van der Waals surface area contributed by atoms with Crippen molar-refractivity contribution >= 4 is 19.8 Å². The lowest BCUT2D eigenvalue weighted by molar-refractivity contribution is -0.870. The molecule has 0 radical (unpaired) electrons. The highest BCUT2D eigenvalue weighted by Crippen LogP contribution is 2.38. The maximum atomic E-state index is 12.8. The first-order valence-electron chi connectivity index (χ1n) is 29.9. The lowest BCUT2D eigenvalue weighted by Gasteiger charge is -2.28. The molecule has 10 heteroatoms. The standard InChI is InChI=1S/C66H110NO8P/c1-6-8-10-12-14-16-18-20-22-24-26-27-28-29-30-31-32-33-34-35-36-37-38-39-41-43-45-47-49-51-53-55-57-59-66(69)75-64(63-74-76(70,71)73-61-60-67(3,4)5)62-72-65(68)58-56-54-52-50-48-46-44-42-40-25-23-21-19-17-15-13-11-9-7-2/h8-11,14-17,20-23,26-27,29-30,32-33,40,42,46,48,64H,6-7,12-13,18-19,24-25,28,31,34-39,41,43-45,47,49-63H2,1-5H3/b10-8-,11-9-,16-14-,17-15-,22-20-,23-21-,27-26-,30-29-,33-32-,42-40-,48-46-. The van der Waals surface area contributed by atoms with E-state index in [1.54, 1.807) is 0 Å². The van der Waals surface area contributed by atoms with Crippen LogP contribution in [0.4, 0.5) is 0 Å². The maximum absolute atomic E-state index is 12.8. The molecule has 0 aromatic carbocycles. The minimum atomic E-state index is -4.65. The molecule has 0 saturated carbocycles. The number of hydrogen-bond acceptors (Lipinski definition) is 8. The number of quaternary nitrogens is 1. The Labute approximate surface area is 466 Å². The van der Waals surface area contributed by atoms with Crippen molar-refractivity contribution in [3.63, 3.8) is 0 Å². The van der Waals surface area contributed by atoms with E-state index in [9.17, 15) is 19.0 Å². The molecule has 0 aliphatic heterocycles. The summed E-state index contributed by atoms with van der Waals surface area (Å²) in [6.45, 7) is 3.96. The molecular weight excluding hydrogens is 966 g/mol. The Bertz CT molecular complexity index is 1740. The molecule has 0 heterocycles. The van der Waals surface area contributed by atoms with Crippen LogP contribution in [0.3, 0.4) is 0 Å². The van der Waals surface area contributed by atoms with Gasteiger partial charge in [0.15, 0.2) is 6.10 Å². The molecule has 0 aliphatic rings. The van der Waals surface area contributed by atoms with E-state index in [4.69, 9.17) is 18.5 Å². The van der Waals surface area contributed by atoms with Crippen molar-refractivity contribution in [3.8, 4) is 0 Å². The monoisotopic (exact) mass is 1080 g/mol. The summed E-state index contributed by atoms with van der Waals surface area (Å²) in [5.41, 5.74) is 0. The summed E-state index contributed by atoms with van der Waals surface area (Å²) in [5, 5.41) is 0. The van der Waals surface area contributed by atoms with Gasteiger partial charge in [0, 0.05) is 12.8 Å². The number of phosphoric acid groups is 1. The predicted octanol–water partition coefficient (Wildman–Crippen LogP) is 18.3. The second kappa shape index (κ2) is 55.9. The van der Waals surface area contributed by atoms with Crippen LogP contribution in [0.2, 0.25) is 0 Å². The lowest BCUT2D eigenvalue weighted by atomic mass is 10.0. The average molecular weight is 1080 g/mol. The highest BCUT2D eigenvalue weighted by Gasteiger charge is 2.21. The number of nitrogens with zero attached hydrogens (tertiary/aromatic N) is 1. The van der Waals surface area contributed by atoms with Crippen molar-refractivity contribution in [2.75, 3.05) is 47.5 Å². The molecule has 0 amide bonds. The number of carbonyl (C=O) groups excluding carboxylic acids is 2. The highest BCUT2D eigenvalue weighted by atomic mass is 31.2. The molecule has 0 spiro atoms. The fraction of sp³-hybridized carbons (Fsp3) is 0.636. The zero-order valence-corrected chi connectivity index (χ0v) is 49.8. The second-order valence-corrected chi connectivity index (χ2v) is 22.0. The van der Waals surface area contributed by atoms with Gasteiger partial charge in [0.1, 0.15) is 19.8 Å². The number of hydrogen-bond donors (Lipinski definition) is 0. The molecule has 0 aromatic rings. The van der Waals surface area contributed by atoms with Crippen LogP contribution >= 0.6 is 7.82 Å². The van der Waals surface area contributed by atoms with Gasteiger partial charge in [0.25, 0.3) is 7.82 Å². The SMILES string of the molecule is CC/C=C\C/C=C\C/C=C\C/C=C\C/C=C\C/C=C\CCCCCCCCCCCCCCCCC(=O)OC(COC(=O)CCCCC/C=C\C/C=C\C/C=C\C/C=C\C/C=C\CC)COP(=O)([O-])OCC[N+](C)(C)C. The Morgan fingerprint density at radius 3 is 1.07 bits per heavy atom. The Balaban J connectivity index is 4.17. The van der Waals surface area contributed by atoms with Crippen LogP contribution in [0.5, 0.6) is 0 Å². The van der Waals surface area contributed by atoms with Crippen LogP contribution in [0.15, 0.2) is 134 Å². The number of carbonyl (C=O) groups is 2. The van der Waals surface area contributed by atoms with Crippen molar-refractivity contribution in [2.24, 2.45) is 0 Å². The van der Waals surface area contributed by atoms with E-state index in [1.165, 1.54) is 70.6 Å². The van der Waals surface area contributed by atoms with Crippen LogP contribution in [0.25, 0.3) is 0 Å². The molecule has 2 atom stereocenters. The van der Waals surface area contributed by atoms with Crippen LogP contribution in [-0.4, -0.2) is 70.0 Å².